The van der Waals surface area contributed by atoms with Crippen LogP contribution >= 0.6 is 23.2 Å². The van der Waals surface area contributed by atoms with Gasteiger partial charge in [-0.05, 0) is 46.4 Å². The Balaban J connectivity index is 2.03. The fourth-order valence-electron chi connectivity index (χ4n) is 4.37. The maximum Gasteiger partial charge on any atom is 0.213 e. The van der Waals surface area contributed by atoms with E-state index in [0.717, 1.165) is 24.2 Å². The van der Waals surface area contributed by atoms with E-state index in [1.54, 1.807) is 6.07 Å². The highest BCUT2D eigenvalue weighted by molar-refractivity contribution is 6.35. The minimum atomic E-state index is -0.0724. The molecule has 2 aromatic rings. The Kier molecular flexibility index (Phi) is 6.71. The van der Waals surface area contributed by atoms with Crippen molar-refractivity contribution < 1.29 is 4.90 Å². The van der Waals surface area contributed by atoms with Crippen LogP contribution in [0.25, 0.3) is 6.08 Å². The number of hydrogen-bond acceptors (Lipinski definition) is 3. The molecule has 1 aliphatic carbocycles. The van der Waals surface area contributed by atoms with E-state index < -0.39 is 0 Å². The minimum Gasteiger partial charge on any atom is -0.329 e. The summed E-state index contributed by atoms with van der Waals surface area (Å²) in [4.78, 5) is 1.39. The van der Waals surface area contributed by atoms with E-state index in [1.165, 1.54) is 24.2 Å². The second-order valence-corrected chi connectivity index (χ2v) is 10.3. The number of benzene rings is 1. The molecule has 0 amide bonds. The predicted octanol–water partition coefficient (Wildman–Crippen LogP) is 4.58. The van der Waals surface area contributed by atoms with Crippen LogP contribution in [0.3, 0.4) is 0 Å². The van der Waals surface area contributed by atoms with Crippen molar-refractivity contribution in [2.24, 2.45) is 5.41 Å². The average Bonchev–Trinajstić information content (AvgIpc) is 3.12. The van der Waals surface area contributed by atoms with Gasteiger partial charge >= 0.3 is 0 Å². The fourth-order valence-corrected chi connectivity index (χ4v) is 4.84. The Morgan fingerprint density at radius 2 is 1.83 bits per heavy atom. The molecule has 1 atom stereocenters. The van der Waals surface area contributed by atoms with Gasteiger partial charge in [0.15, 0.2) is 5.54 Å². The molecule has 1 N–H and O–H groups in total. The third kappa shape index (κ3) is 4.68. The molecule has 5 nitrogen and oxygen atoms in total. The van der Waals surface area contributed by atoms with Crippen molar-refractivity contribution in [2.45, 2.75) is 64.5 Å². The van der Waals surface area contributed by atoms with Crippen LogP contribution < -0.4 is 4.90 Å². The molecule has 0 bridgehead atoms. The van der Waals surface area contributed by atoms with Gasteiger partial charge in [0.2, 0.25) is 5.82 Å². The number of quaternary nitrogens is 1. The fraction of sp³-hybridized carbons (Fsp3) is 0.591. The smallest absolute Gasteiger partial charge is 0.213 e. The van der Waals surface area contributed by atoms with Gasteiger partial charge in [0, 0.05) is 22.9 Å². The van der Waals surface area contributed by atoms with Crippen LogP contribution in [0, 0.1) is 5.41 Å². The van der Waals surface area contributed by atoms with E-state index in [1.807, 2.05) is 16.8 Å². The summed E-state index contributed by atoms with van der Waals surface area (Å²) in [6, 6.07) is 5.56. The molecule has 0 unspecified atom stereocenters. The van der Waals surface area contributed by atoms with E-state index in [0.29, 0.717) is 10.0 Å². The lowest BCUT2D eigenvalue weighted by Gasteiger charge is -2.40. The molecule has 0 saturated heterocycles. The van der Waals surface area contributed by atoms with Crippen LogP contribution in [0.1, 0.15) is 70.3 Å². The van der Waals surface area contributed by atoms with Crippen LogP contribution in [0.5, 0.6) is 0 Å². The molecule has 1 aromatic carbocycles. The van der Waals surface area contributed by atoms with Crippen molar-refractivity contribution in [1.82, 2.24) is 20.2 Å². The topological polar surface area (TPSA) is 48.0 Å². The number of tetrazole rings is 1. The molecule has 1 fully saturated rings. The number of hydrogen-bond donors (Lipinski definition) is 1. The van der Waals surface area contributed by atoms with Gasteiger partial charge in [-0.25, -0.2) is 4.68 Å². The summed E-state index contributed by atoms with van der Waals surface area (Å²) in [6.07, 6.45) is 10.2. The summed E-state index contributed by atoms with van der Waals surface area (Å²) in [7, 11) is 4.44. The van der Waals surface area contributed by atoms with E-state index in [9.17, 15) is 0 Å². The van der Waals surface area contributed by atoms with Gasteiger partial charge in [-0.2, -0.15) is 0 Å². The van der Waals surface area contributed by atoms with E-state index in [2.05, 4.69) is 62.5 Å². The average molecular weight is 437 g/mol. The van der Waals surface area contributed by atoms with Crippen LogP contribution in [-0.2, 0) is 5.54 Å². The van der Waals surface area contributed by atoms with Crippen molar-refractivity contribution in [3.8, 4) is 0 Å². The lowest BCUT2D eigenvalue weighted by Crippen LogP contribution is -3.14. The Morgan fingerprint density at radius 1 is 1.14 bits per heavy atom. The van der Waals surface area contributed by atoms with Gasteiger partial charge in [0.25, 0.3) is 0 Å². The first-order chi connectivity index (χ1) is 13.6. The molecule has 29 heavy (non-hydrogen) atoms. The van der Waals surface area contributed by atoms with Gasteiger partial charge in [-0.15, -0.1) is 5.10 Å². The lowest BCUT2D eigenvalue weighted by atomic mass is 9.79. The molecule has 1 aliphatic rings. The first kappa shape index (κ1) is 22.3. The second kappa shape index (κ2) is 8.75. The molecular formula is C22H32Cl2N5+. The first-order valence-corrected chi connectivity index (χ1v) is 11.1. The largest absolute Gasteiger partial charge is 0.329 e. The van der Waals surface area contributed by atoms with Gasteiger partial charge < -0.3 is 4.90 Å². The number of rotatable bonds is 5. The third-order valence-electron chi connectivity index (χ3n) is 6.16. The zero-order chi connectivity index (χ0) is 21.2. The third-order valence-corrected chi connectivity index (χ3v) is 6.72. The first-order valence-electron chi connectivity index (χ1n) is 10.4. The summed E-state index contributed by atoms with van der Waals surface area (Å²) in [6.45, 7) is 6.65. The van der Waals surface area contributed by atoms with Crippen LogP contribution in [0.15, 0.2) is 24.3 Å². The zero-order valence-corrected chi connectivity index (χ0v) is 19.6. The summed E-state index contributed by atoms with van der Waals surface area (Å²) < 4.78 is 2.04. The maximum absolute atomic E-state index is 6.38. The lowest BCUT2D eigenvalue weighted by molar-refractivity contribution is -0.927. The van der Waals surface area contributed by atoms with Crippen molar-refractivity contribution in [2.75, 3.05) is 14.1 Å². The predicted molar refractivity (Wildman–Crippen MR) is 119 cm³/mol. The highest BCUT2D eigenvalue weighted by atomic mass is 35.5. The molecule has 1 heterocycles. The quantitative estimate of drug-likeness (QED) is 0.745. The molecule has 7 heteroatoms. The second-order valence-electron chi connectivity index (χ2n) is 9.43. The maximum atomic E-state index is 6.38. The Bertz CT molecular complexity index is 860. The minimum absolute atomic E-state index is 0.00241. The van der Waals surface area contributed by atoms with Crippen LogP contribution in [0.2, 0.25) is 10.0 Å². The van der Waals surface area contributed by atoms with Crippen molar-refractivity contribution >= 4 is 29.3 Å². The normalized spacial score (nSPS) is 18.5. The van der Waals surface area contributed by atoms with E-state index in [4.69, 9.17) is 23.2 Å². The monoisotopic (exact) mass is 436 g/mol. The molecular weight excluding hydrogens is 405 g/mol. The molecule has 0 aliphatic heterocycles. The number of aromatic nitrogens is 4. The summed E-state index contributed by atoms with van der Waals surface area (Å²) in [5.74, 6) is 0.990. The molecule has 0 radical (unpaired) electrons. The number of nitrogens with one attached hydrogen (secondary N) is 1. The summed E-state index contributed by atoms with van der Waals surface area (Å²) in [5, 5.41) is 14.4. The number of allylic oxidation sites excluding steroid dienone is 1. The number of nitrogens with zero attached hydrogens (tertiary/aromatic N) is 4. The molecule has 158 valence electrons. The van der Waals surface area contributed by atoms with E-state index in [-0.39, 0.29) is 17.0 Å². The van der Waals surface area contributed by atoms with Gasteiger partial charge in [0.1, 0.15) is 0 Å². The van der Waals surface area contributed by atoms with E-state index >= 15 is 0 Å². The highest BCUT2D eigenvalue weighted by Crippen LogP contribution is 2.38. The molecule has 3 rings (SSSR count). The van der Waals surface area contributed by atoms with Crippen molar-refractivity contribution in [3.05, 3.63) is 45.7 Å². The highest BCUT2D eigenvalue weighted by Gasteiger charge is 2.46. The van der Waals surface area contributed by atoms with Crippen molar-refractivity contribution in [1.29, 1.82) is 0 Å². The zero-order valence-electron chi connectivity index (χ0n) is 18.0. The summed E-state index contributed by atoms with van der Waals surface area (Å²) >= 11 is 12.4. The van der Waals surface area contributed by atoms with Gasteiger partial charge in [-0.3, -0.25) is 0 Å². The van der Waals surface area contributed by atoms with Crippen molar-refractivity contribution in [3.63, 3.8) is 0 Å². The summed E-state index contributed by atoms with van der Waals surface area (Å²) in [5.41, 5.74) is 0.819. The molecule has 1 saturated carbocycles. The van der Waals surface area contributed by atoms with Crippen LogP contribution in [0.4, 0.5) is 0 Å². The number of halogens is 2. The Morgan fingerprint density at radius 3 is 2.41 bits per heavy atom. The standard InChI is InChI=1S/C22H31Cl2N5/c1-21(2,3)19(12-10-16-9-11-17(23)15-18(16)24)29-20(25-26-27-29)22(28(4)5)13-7-6-8-14-22/h9-12,15,19H,6-8,13-14H2,1-5H3/p+1/b12-10-/t19-/m0/s1. The molecule has 1 aromatic heterocycles. The SMILES string of the molecule is C[NH+](C)C1(c2nnnn2[C@@H](/C=C\c2ccc(Cl)cc2Cl)C(C)(C)C)CCCCC1. The van der Waals surface area contributed by atoms with Gasteiger partial charge in [-0.1, -0.05) is 68.6 Å². The Hall–Kier alpha value is -1.43. The Labute approximate surface area is 184 Å². The van der Waals surface area contributed by atoms with Crippen LogP contribution in [-0.4, -0.2) is 34.3 Å². The molecule has 0 spiro atoms. The van der Waals surface area contributed by atoms with Gasteiger partial charge in [0.05, 0.1) is 20.1 Å².